The van der Waals surface area contributed by atoms with Crippen LogP contribution in [0.2, 0.25) is 0 Å². The van der Waals surface area contributed by atoms with Gasteiger partial charge in [-0.15, -0.1) is 0 Å². The predicted octanol–water partition coefficient (Wildman–Crippen LogP) is 4.41. The van der Waals surface area contributed by atoms with E-state index in [9.17, 15) is 4.39 Å². The molecule has 0 amide bonds. The standard InChI is InChI=1S/C20H24FNO3/c1-20(2,22-12-15-5-6-17(21)11-16(15)13-22)9-8-14-4-7-18(25-23)19(10-14)24-3/h4-7,10-11,23H,8-9,12-13H2,1-3H3. The van der Waals surface area contributed by atoms with Crippen LogP contribution in [0.25, 0.3) is 0 Å². The molecule has 1 aliphatic rings. The first kappa shape index (κ1) is 17.7. The summed E-state index contributed by atoms with van der Waals surface area (Å²) >= 11 is 0. The number of halogens is 1. The van der Waals surface area contributed by atoms with E-state index < -0.39 is 0 Å². The maximum atomic E-state index is 13.4. The molecule has 5 heteroatoms. The zero-order chi connectivity index (χ0) is 18.0. The van der Waals surface area contributed by atoms with Crippen LogP contribution in [0.3, 0.4) is 0 Å². The summed E-state index contributed by atoms with van der Waals surface area (Å²) in [6, 6.07) is 10.6. The molecule has 1 N–H and O–H groups in total. The quantitative estimate of drug-likeness (QED) is 0.622. The maximum absolute atomic E-state index is 13.4. The lowest BCUT2D eigenvalue weighted by Gasteiger charge is -2.35. The number of aryl methyl sites for hydroxylation is 1. The van der Waals surface area contributed by atoms with Crippen LogP contribution in [-0.2, 0) is 19.5 Å². The van der Waals surface area contributed by atoms with Crippen LogP contribution < -0.4 is 9.62 Å². The zero-order valence-electron chi connectivity index (χ0n) is 14.9. The summed E-state index contributed by atoms with van der Waals surface area (Å²) in [6.45, 7) is 6.07. The van der Waals surface area contributed by atoms with E-state index in [0.717, 1.165) is 37.1 Å². The van der Waals surface area contributed by atoms with E-state index in [4.69, 9.17) is 9.99 Å². The molecule has 0 bridgehead atoms. The molecule has 1 aliphatic heterocycles. The number of fused-ring (bicyclic) bond motifs is 1. The molecule has 1 heterocycles. The molecule has 0 saturated heterocycles. The zero-order valence-corrected chi connectivity index (χ0v) is 14.9. The molecule has 0 fully saturated rings. The van der Waals surface area contributed by atoms with Crippen LogP contribution in [0.1, 0.15) is 37.0 Å². The molecule has 4 nitrogen and oxygen atoms in total. The average Bonchev–Trinajstić information content (AvgIpc) is 3.03. The minimum Gasteiger partial charge on any atom is -0.493 e. The lowest BCUT2D eigenvalue weighted by Crippen LogP contribution is -2.40. The Morgan fingerprint density at radius 3 is 2.56 bits per heavy atom. The Hall–Kier alpha value is -2.11. The average molecular weight is 345 g/mol. The third kappa shape index (κ3) is 3.78. The van der Waals surface area contributed by atoms with E-state index in [-0.39, 0.29) is 11.4 Å². The summed E-state index contributed by atoms with van der Waals surface area (Å²) in [6.07, 6.45) is 1.82. The molecule has 0 spiro atoms. The highest BCUT2D eigenvalue weighted by atomic mass is 19.1. The van der Waals surface area contributed by atoms with Crippen molar-refractivity contribution >= 4 is 0 Å². The van der Waals surface area contributed by atoms with Crippen molar-refractivity contribution in [2.75, 3.05) is 7.11 Å². The van der Waals surface area contributed by atoms with Crippen molar-refractivity contribution in [3.8, 4) is 11.5 Å². The molecule has 2 aromatic rings. The molecule has 2 aromatic carbocycles. The maximum Gasteiger partial charge on any atom is 0.206 e. The molecule has 134 valence electrons. The van der Waals surface area contributed by atoms with Gasteiger partial charge < -0.3 is 9.62 Å². The molecule has 0 unspecified atom stereocenters. The third-order valence-corrected chi connectivity index (χ3v) is 5.10. The normalized spacial score (nSPS) is 14.4. The molecular weight excluding hydrogens is 321 g/mol. The van der Waals surface area contributed by atoms with E-state index in [0.29, 0.717) is 11.5 Å². The van der Waals surface area contributed by atoms with Crippen molar-refractivity contribution in [2.45, 2.75) is 45.3 Å². The van der Waals surface area contributed by atoms with Crippen LogP contribution in [-0.4, -0.2) is 22.8 Å². The fourth-order valence-corrected chi connectivity index (χ4v) is 3.34. The molecule has 0 aliphatic carbocycles. The smallest absolute Gasteiger partial charge is 0.206 e. The lowest BCUT2D eigenvalue weighted by molar-refractivity contribution is -0.139. The number of benzene rings is 2. The van der Waals surface area contributed by atoms with Gasteiger partial charge in [-0.3, -0.25) is 4.90 Å². The van der Waals surface area contributed by atoms with Crippen molar-refractivity contribution in [3.63, 3.8) is 0 Å². The second-order valence-electron chi connectivity index (χ2n) is 7.16. The van der Waals surface area contributed by atoms with Crippen molar-refractivity contribution in [1.29, 1.82) is 0 Å². The highest BCUT2D eigenvalue weighted by Crippen LogP contribution is 2.33. The Morgan fingerprint density at radius 1 is 1.08 bits per heavy atom. The van der Waals surface area contributed by atoms with Gasteiger partial charge >= 0.3 is 0 Å². The van der Waals surface area contributed by atoms with Gasteiger partial charge in [-0.05, 0) is 67.6 Å². The van der Waals surface area contributed by atoms with Gasteiger partial charge in [0.05, 0.1) is 7.11 Å². The summed E-state index contributed by atoms with van der Waals surface area (Å²) in [4.78, 5) is 6.69. The van der Waals surface area contributed by atoms with Gasteiger partial charge in [0.1, 0.15) is 5.82 Å². The van der Waals surface area contributed by atoms with Crippen molar-refractivity contribution in [3.05, 3.63) is 58.9 Å². The Balaban J connectivity index is 1.67. The Labute approximate surface area is 147 Å². The number of rotatable bonds is 6. The molecule has 0 radical (unpaired) electrons. The van der Waals surface area contributed by atoms with Crippen molar-refractivity contribution < 1.29 is 19.3 Å². The summed E-state index contributed by atoms with van der Waals surface area (Å²) in [5.41, 5.74) is 3.39. The first-order valence-corrected chi connectivity index (χ1v) is 8.43. The van der Waals surface area contributed by atoms with Crippen molar-refractivity contribution in [2.24, 2.45) is 0 Å². The minimum absolute atomic E-state index is 0.0190. The van der Waals surface area contributed by atoms with Gasteiger partial charge in [-0.1, -0.05) is 12.1 Å². The minimum atomic E-state index is -0.170. The monoisotopic (exact) mass is 345 g/mol. The topological polar surface area (TPSA) is 41.9 Å². The Kier molecular flexibility index (Phi) is 4.97. The fourth-order valence-electron chi connectivity index (χ4n) is 3.34. The summed E-state index contributed by atoms with van der Waals surface area (Å²) < 4.78 is 18.7. The predicted molar refractivity (Wildman–Crippen MR) is 94.3 cm³/mol. The highest BCUT2D eigenvalue weighted by Gasteiger charge is 2.31. The molecule has 0 atom stereocenters. The van der Waals surface area contributed by atoms with Crippen LogP contribution in [0.4, 0.5) is 4.39 Å². The van der Waals surface area contributed by atoms with Crippen LogP contribution in [0, 0.1) is 5.82 Å². The van der Waals surface area contributed by atoms with E-state index >= 15 is 0 Å². The van der Waals surface area contributed by atoms with Crippen LogP contribution in [0.5, 0.6) is 11.5 Å². The van der Waals surface area contributed by atoms with E-state index in [2.05, 4.69) is 23.6 Å². The number of ether oxygens (including phenoxy) is 1. The van der Waals surface area contributed by atoms with E-state index in [1.807, 2.05) is 18.2 Å². The first-order valence-electron chi connectivity index (χ1n) is 8.43. The molecular formula is C20H24FNO3. The number of hydrogen-bond acceptors (Lipinski definition) is 4. The summed E-state index contributed by atoms with van der Waals surface area (Å²) in [5, 5.41) is 8.84. The SMILES string of the molecule is COc1cc(CCC(C)(C)N2Cc3ccc(F)cc3C2)ccc1OO. The van der Waals surface area contributed by atoms with Crippen LogP contribution >= 0.6 is 0 Å². The second kappa shape index (κ2) is 7.02. The van der Waals surface area contributed by atoms with Gasteiger partial charge in [-0.25, -0.2) is 9.65 Å². The van der Waals surface area contributed by atoms with Crippen LogP contribution in [0.15, 0.2) is 36.4 Å². The summed E-state index contributed by atoms with van der Waals surface area (Å²) in [7, 11) is 1.55. The molecule has 25 heavy (non-hydrogen) atoms. The van der Waals surface area contributed by atoms with Gasteiger partial charge in [-0.2, -0.15) is 0 Å². The first-order chi connectivity index (χ1) is 11.9. The van der Waals surface area contributed by atoms with Gasteiger partial charge in [0.15, 0.2) is 5.75 Å². The number of hydrogen-bond donors (Lipinski definition) is 1. The van der Waals surface area contributed by atoms with E-state index in [1.54, 1.807) is 19.2 Å². The largest absolute Gasteiger partial charge is 0.493 e. The molecule has 3 rings (SSSR count). The number of methoxy groups -OCH3 is 1. The molecule has 0 saturated carbocycles. The summed E-state index contributed by atoms with van der Waals surface area (Å²) in [5.74, 6) is 0.654. The Morgan fingerprint density at radius 2 is 1.84 bits per heavy atom. The Bertz CT molecular complexity index is 761. The van der Waals surface area contributed by atoms with E-state index in [1.165, 1.54) is 11.6 Å². The van der Waals surface area contributed by atoms with Crippen molar-refractivity contribution in [1.82, 2.24) is 4.90 Å². The number of nitrogens with zero attached hydrogens (tertiary/aromatic N) is 1. The fraction of sp³-hybridized carbons (Fsp3) is 0.400. The van der Waals surface area contributed by atoms with Gasteiger partial charge in [0.25, 0.3) is 0 Å². The second-order valence-corrected chi connectivity index (χ2v) is 7.16. The lowest BCUT2D eigenvalue weighted by atomic mass is 9.93. The molecule has 0 aromatic heterocycles. The highest BCUT2D eigenvalue weighted by molar-refractivity contribution is 5.42. The van der Waals surface area contributed by atoms with Gasteiger partial charge in [0, 0.05) is 18.6 Å². The third-order valence-electron chi connectivity index (χ3n) is 5.10. The van der Waals surface area contributed by atoms with Gasteiger partial charge in [0.2, 0.25) is 5.75 Å².